The third-order valence-corrected chi connectivity index (χ3v) is 1.78. The van der Waals surface area contributed by atoms with Crippen molar-refractivity contribution in [2.24, 2.45) is 0 Å². The van der Waals surface area contributed by atoms with E-state index in [-0.39, 0.29) is 5.78 Å². The number of nitrogen functional groups attached to an aromatic ring is 1. The summed E-state index contributed by atoms with van der Waals surface area (Å²) in [5.41, 5.74) is 5.26. The minimum atomic E-state index is -0.0308. The molecule has 0 aromatic carbocycles. The maximum atomic E-state index is 10.6. The first-order chi connectivity index (χ1) is 4.20. The fourth-order valence-electron chi connectivity index (χ4n) is 0.448. The molecule has 1 heterocycles. The van der Waals surface area contributed by atoms with Crippen molar-refractivity contribution in [1.29, 1.82) is 0 Å². The van der Waals surface area contributed by atoms with E-state index in [0.29, 0.717) is 10.8 Å². The van der Waals surface area contributed by atoms with Crippen LogP contribution >= 0.6 is 11.3 Å². The van der Waals surface area contributed by atoms with Gasteiger partial charge in [0.1, 0.15) is 5.82 Å². The number of hydrogen-bond acceptors (Lipinski definition) is 4. The van der Waals surface area contributed by atoms with Gasteiger partial charge in [-0.3, -0.25) is 4.79 Å². The van der Waals surface area contributed by atoms with Crippen molar-refractivity contribution in [3.8, 4) is 0 Å². The van der Waals surface area contributed by atoms with Gasteiger partial charge in [-0.25, -0.2) is 4.98 Å². The predicted octanol–water partition coefficient (Wildman–Crippen LogP) is 0.928. The monoisotopic (exact) mass is 142 g/mol. The van der Waals surface area contributed by atoms with Crippen molar-refractivity contribution < 1.29 is 4.79 Å². The van der Waals surface area contributed by atoms with Crippen LogP contribution in [0.1, 0.15) is 16.7 Å². The molecule has 2 N–H and O–H groups in total. The fraction of sp³-hybridized carbons (Fsp3) is 0.200. The Bertz CT molecular complexity index is 231. The number of carbonyl (C=O) groups excluding carboxylic acids is 1. The molecule has 0 saturated heterocycles. The number of nitrogens with two attached hydrogens (primary N) is 1. The molecule has 1 aromatic rings. The van der Waals surface area contributed by atoms with Crippen LogP contribution in [0.2, 0.25) is 0 Å². The van der Waals surface area contributed by atoms with Crippen LogP contribution in [-0.2, 0) is 0 Å². The molecular weight excluding hydrogens is 136 g/mol. The molecule has 1 aromatic heterocycles. The van der Waals surface area contributed by atoms with Crippen molar-refractivity contribution >= 4 is 22.9 Å². The summed E-state index contributed by atoms with van der Waals surface area (Å²) >= 11 is 1.27. The number of aromatic nitrogens is 1. The number of rotatable bonds is 1. The van der Waals surface area contributed by atoms with Gasteiger partial charge in [0, 0.05) is 12.3 Å². The predicted molar refractivity (Wildman–Crippen MR) is 36.5 cm³/mol. The Balaban J connectivity index is 2.98. The average molecular weight is 142 g/mol. The summed E-state index contributed by atoms with van der Waals surface area (Å²) in [6.45, 7) is 1.47. The number of ketones is 1. The van der Waals surface area contributed by atoms with Gasteiger partial charge in [0.25, 0.3) is 0 Å². The topological polar surface area (TPSA) is 56.0 Å². The Morgan fingerprint density at radius 3 is 2.78 bits per heavy atom. The van der Waals surface area contributed by atoms with Crippen molar-refractivity contribution in [2.75, 3.05) is 5.73 Å². The van der Waals surface area contributed by atoms with Gasteiger partial charge in [-0.1, -0.05) is 0 Å². The molecule has 48 valence electrons. The van der Waals surface area contributed by atoms with Gasteiger partial charge in [0.2, 0.25) is 0 Å². The van der Waals surface area contributed by atoms with E-state index >= 15 is 0 Å². The molecule has 9 heavy (non-hydrogen) atoms. The second-order valence-electron chi connectivity index (χ2n) is 1.63. The molecular formula is C5H6N2OS. The molecule has 0 radical (unpaired) electrons. The quantitative estimate of drug-likeness (QED) is 0.593. The molecule has 0 aliphatic carbocycles. The zero-order chi connectivity index (χ0) is 6.85. The number of thiazole rings is 1. The first-order valence-electron chi connectivity index (χ1n) is 2.42. The Hall–Kier alpha value is -0.900. The van der Waals surface area contributed by atoms with Crippen LogP contribution in [0.3, 0.4) is 0 Å². The number of nitrogens with zero attached hydrogens (tertiary/aromatic N) is 1. The number of anilines is 1. The summed E-state index contributed by atoms with van der Waals surface area (Å²) in [5.74, 6) is 0.391. The second-order valence-corrected chi connectivity index (χ2v) is 2.49. The molecule has 0 spiro atoms. The maximum Gasteiger partial charge on any atom is 0.188 e. The Labute approximate surface area is 56.5 Å². The molecule has 0 fully saturated rings. The summed E-state index contributed by atoms with van der Waals surface area (Å²) in [6.07, 6.45) is 0. The number of Topliss-reactive ketones (excluding diaryl/α,β-unsaturated/α-hetero) is 1. The third kappa shape index (κ3) is 1.26. The summed E-state index contributed by atoms with van der Waals surface area (Å²) in [5, 5.41) is 2.13. The highest BCUT2D eigenvalue weighted by Crippen LogP contribution is 2.10. The summed E-state index contributed by atoms with van der Waals surface area (Å²) in [6, 6.07) is 0. The van der Waals surface area contributed by atoms with E-state index in [1.54, 1.807) is 5.38 Å². The van der Waals surface area contributed by atoms with Crippen LogP contribution in [-0.4, -0.2) is 10.8 Å². The van der Waals surface area contributed by atoms with Crippen LogP contribution in [0.4, 0.5) is 5.82 Å². The normalized spacial score (nSPS) is 9.44. The highest BCUT2D eigenvalue weighted by atomic mass is 32.1. The lowest BCUT2D eigenvalue weighted by molar-refractivity contribution is 0.101. The van der Waals surface area contributed by atoms with Gasteiger partial charge in [0.05, 0.1) is 0 Å². The van der Waals surface area contributed by atoms with Gasteiger partial charge in [-0.2, -0.15) is 0 Å². The summed E-state index contributed by atoms with van der Waals surface area (Å²) in [7, 11) is 0. The van der Waals surface area contributed by atoms with Gasteiger partial charge < -0.3 is 5.73 Å². The van der Waals surface area contributed by atoms with Crippen molar-refractivity contribution in [3.05, 3.63) is 10.4 Å². The Kier molecular flexibility index (Phi) is 1.48. The van der Waals surface area contributed by atoms with Crippen molar-refractivity contribution in [2.45, 2.75) is 6.92 Å². The molecule has 0 aliphatic heterocycles. The zero-order valence-corrected chi connectivity index (χ0v) is 5.73. The fourth-order valence-corrected chi connectivity index (χ4v) is 1.06. The molecule has 0 unspecified atom stereocenters. The van der Waals surface area contributed by atoms with Crippen LogP contribution in [0, 0.1) is 0 Å². The van der Waals surface area contributed by atoms with Crippen LogP contribution < -0.4 is 5.73 Å². The lowest BCUT2D eigenvalue weighted by Gasteiger charge is -1.79. The van der Waals surface area contributed by atoms with Crippen LogP contribution in [0.15, 0.2) is 5.38 Å². The van der Waals surface area contributed by atoms with E-state index in [4.69, 9.17) is 5.73 Å². The van der Waals surface area contributed by atoms with Gasteiger partial charge in [-0.05, 0) is 0 Å². The van der Waals surface area contributed by atoms with E-state index in [1.165, 1.54) is 18.3 Å². The van der Waals surface area contributed by atoms with Crippen molar-refractivity contribution in [3.63, 3.8) is 0 Å². The van der Waals surface area contributed by atoms with E-state index < -0.39 is 0 Å². The Morgan fingerprint density at radius 1 is 1.89 bits per heavy atom. The van der Waals surface area contributed by atoms with Gasteiger partial charge in [0.15, 0.2) is 10.8 Å². The van der Waals surface area contributed by atoms with E-state index in [0.717, 1.165) is 0 Å². The molecule has 3 nitrogen and oxygen atoms in total. The standard InChI is InChI=1S/C5H6N2OS/c1-3(8)5-7-4(6)2-9-5/h2H,6H2,1H3. The molecule has 0 saturated carbocycles. The molecule has 0 aliphatic rings. The zero-order valence-electron chi connectivity index (χ0n) is 4.92. The lowest BCUT2D eigenvalue weighted by atomic mass is 10.5. The minimum Gasteiger partial charge on any atom is -0.383 e. The number of hydrogen-bond donors (Lipinski definition) is 1. The van der Waals surface area contributed by atoms with Crippen molar-refractivity contribution in [1.82, 2.24) is 4.98 Å². The SMILES string of the molecule is CC(=O)c1nc(N)cs1. The molecule has 0 atom stereocenters. The number of carbonyl (C=O) groups is 1. The molecule has 4 heteroatoms. The van der Waals surface area contributed by atoms with E-state index in [1.807, 2.05) is 0 Å². The highest BCUT2D eigenvalue weighted by Gasteiger charge is 2.01. The largest absolute Gasteiger partial charge is 0.383 e. The summed E-state index contributed by atoms with van der Waals surface area (Å²) in [4.78, 5) is 14.3. The van der Waals surface area contributed by atoms with E-state index in [2.05, 4.69) is 4.98 Å². The van der Waals surface area contributed by atoms with Crippen LogP contribution in [0.25, 0.3) is 0 Å². The van der Waals surface area contributed by atoms with E-state index in [9.17, 15) is 4.79 Å². The maximum absolute atomic E-state index is 10.6. The summed E-state index contributed by atoms with van der Waals surface area (Å²) < 4.78 is 0. The third-order valence-electron chi connectivity index (χ3n) is 0.823. The highest BCUT2D eigenvalue weighted by molar-refractivity contribution is 7.12. The first-order valence-corrected chi connectivity index (χ1v) is 3.30. The van der Waals surface area contributed by atoms with Crippen LogP contribution in [0.5, 0.6) is 0 Å². The molecule has 1 rings (SSSR count). The average Bonchev–Trinajstić information content (AvgIpc) is 2.14. The molecule has 0 amide bonds. The van der Waals surface area contributed by atoms with Gasteiger partial charge in [-0.15, -0.1) is 11.3 Å². The first kappa shape index (κ1) is 6.22. The lowest BCUT2D eigenvalue weighted by Crippen LogP contribution is -1.91. The minimum absolute atomic E-state index is 0.0308. The second kappa shape index (κ2) is 2.14. The Morgan fingerprint density at radius 2 is 2.56 bits per heavy atom. The smallest absolute Gasteiger partial charge is 0.188 e. The van der Waals surface area contributed by atoms with Gasteiger partial charge >= 0.3 is 0 Å². The molecule has 0 bridgehead atoms.